The van der Waals surface area contributed by atoms with Crippen molar-refractivity contribution < 1.29 is 8.78 Å². The number of fused-ring (bicyclic) bond motifs is 2. The monoisotopic (exact) mass is 595 g/mol. The molecule has 5 aromatic rings. The summed E-state index contributed by atoms with van der Waals surface area (Å²) in [7, 11) is 1.66. The Hall–Kier alpha value is -5.36. The molecule has 5 rings (SSSR count). The molecule has 3 aromatic heterocycles. The summed E-state index contributed by atoms with van der Waals surface area (Å²) in [5, 5.41) is 36.7. The Bertz CT molecular complexity index is 1990. The van der Waals surface area contributed by atoms with E-state index in [2.05, 4.69) is 58.8 Å². The first-order valence-corrected chi connectivity index (χ1v) is 14.0. The lowest BCUT2D eigenvalue weighted by molar-refractivity contribution is 0.269. The van der Waals surface area contributed by atoms with Crippen LogP contribution in [0.15, 0.2) is 59.8 Å². The molecule has 12 heteroatoms. The molecule has 0 radical (unpaired) electrons. The lowest BCUT2D eigenvalue weighted by Crippen LogP contribution is -2.20. The number of hydrogen-bond donors (Lipinski definition) is 2. The van der Waals surface area contributed by atoms with Crippen LogP contribution in [-0.2, 0) is 7.05 Å². The molecule has 1 atom stereocenters. The summed E-state index contributed by atoms with van der Waals surface area (Å²) in [6, 6.07) is 13.1. The Morgan fingerprint density at radius 2 is 1.77 bits per heavy atom. The molecular weight excluding hydrogens is 564 g/mol. The van der Waals surface area contributed by atoms with E-state index in [4.69, 9.17) is 0 Å². The van der Waals surface area contributed by atoms with E-state index < -0.39 is 25.4 Å². The van der Waals surface area contributed by atoms with E-state index in [9.17, 15) is 24.1 Å². The van der Waals surface area contributed by atoms with Crippen molar-refractivity contribution in [2.75, 3.05) is 30.5 Å². The van der Waals surface area contributed by atoms with Crippen LogP contribution in [0.1, 0.15) is 55.2 Å². The highest BCUT2D eigenvalue weighted by atomic mass is 19.1. The summed E-state index contributed by atoms with van der Waals surface area (Å²) >= 11 is 0. The van der Waals surface area contributed by atoms with Gasteiger partial charge in [0.15, 0.2) is 0 Å². The van der Waals surface area contributed by atoms with Crippen LogP contribution in [0.2, 0.25) is 0 Å². The number of alkyl halides is 2. The Labute approximate surface area is 252 Å². The Kier molecular flexibility index (Phi) is 8.28. The molecule has 0 aliphatic heterocycles. The van der Waals surface area contributed by atoms with E-state index >= 15 is 0 Å². The molecule has 10 nitrogen and oxygen atoms in total. The number of halogens is 2. The van der Waals surface area contributed by atoms with E-state index in [1.165, 1.54) is 17.0 Å². The smallest absolute Gasteiger partial charge is 0.258 e. The van der Waals surface area contributed by atoms with Gasteiger partial charge in [-0.3, -0.25) is 9.78 Å². The second-order valence-corrected chi connectivity index (χ2v) is 11.8. The predicted octanol–water partition coefficient (Wildman–Crippen LogP) is 5.56. The van der Waals surface area contributed by atoms with Crippen LogP contribution in [0.3, 0.4) is 0 Å². The maximum Gasteiger partial charge on any atom is 0.258 e. The van der Waals surface area contributed by atoms with Gasteiger partial charge in [0.1, 0.15) is 37.2 Å². The molecular formula is C32H31F2N9O. The van der Waals surface area contributed by atoms with Crippen LogP contribution < -0.4 is 16.2 Å². The predicted molar refractivity (Wildman–Crippen MR) is 165 cm³/mol. The van der Waals surface area contributed by atoms with Gasteiger partial charge in [-0.15, -0.1) is 5.10 Å². The summed E-state index contributed by atoms with van der Waals surface area (Å²) in [4.78, 5) is 17.4. The molecule has 2 N–H and O–H groups in total. The second-order valence-electron chi connectivity index (χ2n) is 11.8. The molecule has 224 valence electrons. The van der Waals surface area contributed by atoms with E-state index in [0.29, 0.717) is 56.4 Å². The number of nitriles is 2. The summed E-state index contributed by atoms with van der Waals surface area (Å²) in [6.07, 6.45) is 4.58. The number of nitrogens with one attached hydrogen (secondary N) is 2. The van der Waals surface area contributed by atoms with Crippen LogP contribution in [0, 0.1) is 28.1 Å². The molecule has 44 heavy (non-hydrogen) atoms. The Morgan fingerprint density at radius 3 is 2.45 bits per heavy atom. The second kappa shape index (κ2) is 12.1. The molecule has 0 aliphatic rings. The summed E-state index contributed by atoms with van der Waals surface area (Å²) < 4.78 is 29.7. The minimum absolute atomic E-state index is 0.102. The third-order valence-corrected chi connectivity index (χ3v) is 7.34. The molecule has 3 heterocycles. The lowest BCUT2D eigenvalue weighted by atomic mass is 9.96. The number of rotatable bonds is 9. The van der Waals surface area contributed by atoms with Crippen LogP contribution in [-0.4, -0.2) is 44.4 Å². The van der Waals surface area contributed by atoms with E-state index in [0.717, 1.165) is 4.68 Å². The Balaban J connectivity index is 1.71. The van der Waals surface area contributed by atoms with Gasteiger partial charge in [0.05, 0.1) is 34.6 Å². The van der Waals surface area contributed by atoms with Crippen molar-refractivity contribution in [1.29, 1.82) is 10.5 Å². The zero-order chi connectivity index (χ0) is 31.6. The maximum atomic E-state index is 13.5. The molecule has 0 saturated heterocycles. The summed E-state index contributed by atoms with van der Waals surface area (Å²) in [5.41, 5.74) is 2.80. The molecule has 2 aromatic carbocycles. The normalized spacial score (nSPS) is 12.3. The van der Waals surface area contributed by atoms with Crippen LogP contribution in [0.4, 0.5) is 20.2 Å². The highest BCUT2D eigenvalue weighted by molar-refractivity contribution is 5.99. The maximum absolute atomic E-state index is 13.5. The van der Waals surface area contributed by atoms with Gasteiger partial charge in [-0.25, -0.2) is 13.5 Å². The third-order valence-electron chi connectivity index (χ3n) is 7.34. The van der Waals surface area contributed by atoms with Crippen molar-refractivity contribution in [1.82, 2.24) is 24.5 Å². The minimum atomic E-state index is -1.13. The van der Waals surface area contributed by atoms with E-state index in [1.54, 1.807) is 37.5 Å². The average molecular weight is 596 g/mol. The van der Waals surface area contributed by atoms with Gasteiger partial charge < -0.3 is 15.2 Å². The van der Waals surface area contributed by atoms with Gasteiger partial charge >= 0.3 is 0 Å². The topological polar surface area (TPSA) is 137 Å². The highest BCUT2D eigenvalue weighted by Gasteiger charge is 2.24. The number of hydrogen-bond acceptors (Lipinski definition) is 8. The van der Waals surface area contributed by atoms with Gasteiger partial charge in [0, 0.05) is 42.4 Å². The number of pyridine rings is 2. The van der Waals surface area contributed by atoms with E-state index in [-0.39, 0.29) is 16.5 Å². The average Bonchev–Trinajstić information content (AvgIpc) is 3.49. The zero-order valence-corrected chi connectivity index (χ0v) is 24.8. The van der Waals surface area contributed by atoms with Crippen LogP contribution in [0.5, 0.6) is 0 Å². The SMILES string of the molecule is Cn1ccc2c([C@H](Nc3cc(C#N)c4ncc(C#N)c(NCC(C)(C)C)c4c3)c3cn(C(CF)CF)nn3)cccc2c1=O. The largest absolute Gasteiger partial charge is 0.383 e. The van der Waals surface area contributed by atoms with Gasteiger partial charge in [0.25, 0.3) is 5.56 Å². The third kappa shape index (κ3) is 5.79. The fraction of sp³-hybridized carbons (Fsp3) is 0.312. The molecule has 0 bridgehead atoms. The number of nitrogens with zero attached hydrogens (tertiary/aromatic N) is 7. The van der Waals surface area contributed by atoms with Crippen molar-refractivity contribution in [3.8, 4) is 12.1 Å². The first kappa shape index (κ1) is 30.1. The molecule has 0 amide bonds. The summed E-state index contributed by atoms with van der Waals surface area (Å²) in [6.45, 7) is 4.83. The standard InChI is InChI=1S/C32H31F2N9O/c1-32(2,3)18-38-29-20(15-36)16-37-28-19(14-35)10-21(11-26(28)29)39-30(27-17-43(41-40-27)22(12-33)13-34)24-6-5-7-25-23(24)8-9-42(4)31(25)44/h5-11,16-17,22,30,39H,12-13,18H2,1-4H3,(H,37,38)/t30-/m0/s1. The molecule has 0 spiro atoms. The van der Waals surface area contributed by atoms with Crippen LogP contribution in [0.25, 0.3) is 21.7 Å². The number of anilines is 2. The van der Waals surface area contributed by atoms with Gasteiger partial charge in [-0.2, -0.15) is 10.5 Å². The van der Waals surface area contributed by atoms with Gasteiger partial charge in [-0.05, 0) is 40.6 Å². The van der Waals surface area contributed by atoms with Crippen molar-refractivity contribution in [2.45, 2.75) is 32.9 Å². The van der Waals surface area contributed by atoms with E-state index in [1.807, 2.05) is 12.1 Å². The zero-order valence-electron chi connectivity index (χ0n) is 24.8. The van der Waals surface area contributed by atoms with Crippen molar-refractivity contribution in [3.05, 3.63) is 87.7 Å². The quantitative estimate of drug-likeness (QED) is 0.226. The number of aryl methyl sites for hydroxylation is 1. The fourth-order valence-corrected chi connectivity index (χ4v) is 5.01. The first-order chi connectivity index (χ1) is 21.1. The van der Waals surface area contributed by atoms with Crippen molar-refractivity contribution in [2.24, 2.45) is 12.5 Å². The van der Waals surface area contributed by atoms with Crippen LogP contribution >= 0.6 is 0 Å². The molecule has 0 unspecified atom stereocenters. The van der Waals surface area contributed by atoms with Gasteiger partial charge in [0.2, 0.25) is 0 Å². The molecule has 0 fully saturated rings. The minimum Gasteiger partial charge on any atom is -0.383 e. The lowest BCUT2D eigenvalue weighted by Gasteiger charge is -2.23. The fourth-order valence-electron chi connectivity index (χ4n) is 5.01. The Morgan fingerprint density at radius 1 is 1.02 bits per heavy atom. The summed E-state index contributed by atoms with van der Waals surface area (Å²) in [5.74, 6) is 0. The van der Waals surface area contributed by atoms with Crippen molar-refractivity contribution in [3.63, 3.8) is 0 Å². The van der Waals surface area contributed by atoms with Crippen molar-refractivity contribution >= 4 is 33.1 Å². The molecule has 0 aliphatic carbocycles. The number of aromatic nitrogens is 5. The highest BCUT2D eigenvalue weighted by Crippen LogP contribution is 2.35. The first-order valence-electron chi connectivity index (χ1n) is 14.0. The number of benzene rings is 2. The van der Waals surface area contributed by atoms with Gasteiger partial charge in [-0.1, -0.05) is 38.1 Å². The molecule has 0 saturated carbocycles.